The molecule has 2 heterocycles. The number of hydrogen-bond acceptors (Lipinski definition) is 4. The fourth-order valence-electron chi connectivity index (χ4n) is 1.12. The van der Waals surface area contributed by atoms with Crippen molar-refractivity contribution in [1.82, 2.24) is 4.98 Å². The predicted molar refractivity (Wildman–Crippen MR) is 68.6 cm³/mol. The molecule has 0 unspecified atom stereocenters. The molecule has 0 saturated carbocycles. The number of hydrogen-bond donors (Lipinski definition) is 0. The Morgan fingerprint density at radius 1 is 1.31 bits per heavy atom. The summed E-state index contributed by atoms with van der Waals surface area (Å²) in [5, 5.41) is 0. The molecule has 2 rings (SSSR count). The van der Waals surface area contributed by atoms with E-state index in [2.05, 4.69) is 4.98 Å². The van der Waals surface area contributed by atoms with Crippen molar-refractivity contribution in [1.29, 1.82) is 0 Å². The van der Waals surface area contributed by atoms with Gasteiger partial charge >= 0.3 is 0 Å². The van der Waals surface area contributed by atoms with Crippen LogP contribution >= 0.6 is 34.7 Å². The van der Waals surface area contributed by atoms with Gasteiger partial charge in [0.05, 0.1) is 15.0 Å². The normalized spacial score (nSPS) is 10.3. The molecule has 82 valence electrons. The van der Waals surface area contributed by atoms with Crippen LogP contribution in [0.3, 0.4) is 0 Å². The Morgan fingerprint density at radius 3 is 2.69 bits per heavy atom. The highest BCUT2D eigenvalue weighted by molar-refractivity contribution is 8.00. The highest BCUT2D eigenvalue weighted by atomic mass is 35.5. The minimum Gasteiger partial charge on any atom is -0.292 e. The minimum atomic E-state index is 0.110. The lowest BCUT2D eigenvalue weighted by Gasteiger charge is -1.98. The van der Waals surface area contributed by atoms with Crippen molar-refractivity contribution in [3.63, 3.8) is 0 Å². The number of Topliss-reactive ketones (excluding diaryl/α,β-unsaturated/α-hetero) is 1. The second kappa shape index (κ2) is 5.48. The number of halogens is 1. The van der Waals surface area contributed by atoms with Crippen LogP contribution in [0.25, 0.3) is 0 Å². The summed E-state index contributed by atoms with van der Waals surface area (Å²) in [7, 11) is 0. The number of nitrogens with zero attached hydrogens (tertiary/aromatic N) is 1. The molecular formula is C11H8ClNOS2. The number of carbonyl (C=O) groups is 1. The molecule has 0 bridgehead atoms. The molecule has 2 nitrogen and oxygen atoms in total. The average molecular weight is 270 g/mol. The van der Waals surface area contributed by atoms with E-state index < -0.39 is 0 Å². The maximum atomic E-state index is 11.7. The van der Waals surface area contributed by atoms with Crippen molar-refractivity contribution in [2.75, 3.05) is 5.75 Å². The van der Waals surface area contributed by atoms with Crippen LogP contribution in [-0.2, 0) is 0 Å². The van der Waals surface area contributed by atoms with Crippen molar-refractivity contribution in [3.05, 3.63) is 45.9 Å². The van der Waals surface area contributed by atoms with Crippen LogP contribution in [-0.4, -0.2) is 16.5 Å². The third-order valence-corrected chi connectivity index (χ3v) is 4.15. The summed E-state index contributed by atoms with van der Waals surface area (Å²) in [6, 6.07) is 7.29. The summed E-state index contributed by atoms with van der Waals surface area (Å²) in [6.45, 7) is 0. The lowest BCUT2D eigenvalue weighted by Crippen LogP contribution is -1.98. The lowest BCUT2D eigenvalue weighted by molar-refractivity contribution is 0.102. The molecule has 5 heteroatoms. The first-order valence-corrected chi connectivity index (χ1v) is 6.75. The molecule has 0 aliphatic rings. The highest BCUT2D eigenvalue weighted by Crippen LogP contribution is 2.24. The van der Waals surface area contributed by atoms with Gasteiger partial charge in [0, 0.05) is 17.3 Å². The fraction of sp³-hybridized carbons (Fsp3) is 0.0909. The SMILES string of the molecule is O=C(CSc1ccncc1)c1ccc(Cl)s1. The van der Waals surface area contributed by atoms with Crippen molar-refractivity contribution in [2.24, 2.45) is 0 Å². The Balaban J connectivity index is 1.94. The third kappa shape index (κ3) is 3.07. The minimum absolute atomic E-state index is 0.110. The van der Waals surface area contributed by atoms with Gasteiger partial charge in [0.2, 0.25) is 0 Å². The second-order valence-electron chi connectivity index (χ2n) is 3.00. The van der Waals surface area contributed by atoms with Crippen LogP contribution in [0.5, 0.6) is 0 Å². The quantitative estimate of drug-likeness (QED) is 0.625. The smallest absolute Gasteiger partial charge is 0.183 e. The van der Waals surface area contributed by atoms with E-state index in [0.29, 0.717) is 15.0 Å². The first kappa shape index (κ1) is 11.6. The van der Waals surface area contributed by atoms with Crippen molar-refractivity contribution >= 4 is 40.5 Å². The molecular weight excluding hydrogens is 262 g/mol. The number of carbonyl (C=O) groups excluding carboxylic acids is 1. The van der Waals surface area contributed by atoms with E-state index >= 15 is 0 Å². The van der Waals surface area contributed by atoms with E-state index in [9.17, 15) is 4.79 Å². The largest absolute Gasteiger partial charge is 0.292 e. The lowest BCUT2D eigenvalue weighted by atomic mass is 10.4. The highest BCUT2D eigenvalue weighted by Gasteiger charge is 2.09. The maximum absolute atomic E-state index is 11.7. The van der Waals surface area contributed by atoms with Crippen LogP contribution in [0.1, 0.15) is 9.67 Å². The molecule has 0 aromatic carbocycles. The molecule has 0 spiro atoms. The summed E-state index contributed by atoms with van der Waals surface area (Å²) in [5.74, 6) is 0.541. The van der Waals surface area contributed by atoms with Crippen LogP contribution in [0, 0.1) is 0 Å². The molecule has 0 aliphatic heterocycles. The number of thioether (sulfide) groups is 1. The van der Waals surface area contributed by atoms with Gasteiger partial charge in [0.25, 0.3) is 0 Å². The van der Waals surface area contributed by atoms with E-state index in [1.165, 1.54) is 23.1 Å². The van der Waals surface area contributed by atoms with Gasteiger partial charge in [0.15, 0.2) is 5.78 Å². The van der Waals surface area contributed by atoms with Crippen LogP contribution in [0.2, 0.25) is 4.34 Å². The van der Waals surface area contributed by atoms with E-state index in [1.807, 2.05) is 12.1 Å². The van der Waals surface area contributed by atoms with Gasteiger partial charge in [-0.3, -0.25) is 9.78 Å². The molecule has 0 N–H and O–H groups in total. The summed E-state index contributed by atoms with van der Waals surface area (Å²) in [4.78, 5) is 17.4. The maximum Gasteiger partial charge on any atom is 0.183 e. The summed E-state index contributed by atoms with van der Waals surface area (Å²) in [6.07, 6.45) is 3.43. The van der Waals surface area contributed by atoms with Crippen molar-refractivity contribution in [2.45, 2.75) is 4.90 Å². The molecule has 0 amide bonds. The van der Waals surface area contributed by atoms with Gasteiger partial charge in [-0.25, -0.2) is 0 Å². The Hall–Kier alpha value is -0.840. The van der Waals surface area contributed by atoms with E-state index in [0.717, 1.165) is 4.90 Å². The van der Waals surface area contributed by atoms with Crippen molar-refractivity contribution < 1.29 is 4.79 Å². The fourth-order valence-corrected chi connectivity index (χ4v) is 2.96. The Kier molecular flexibility index (Phi) is 3.98. The molecule has 0 fully saturated rings. The zero-order chi connectivity index (χ0) is 11.4. The molecule has 2 aromatic rings. The third-order valence-electron chi connectivity index (χ3n) is 1.87. The zero-order valence-electron chi connectivity index (χ0n) is 8.22. The standard InChI is InChI=1S/C11H8ClNOS2/c12-11-2-1-10(16-11)9(14)7-15-8-3-5-13-6-4-8/h1-6H,7H2. The topological polar surface area (TPSA) is 30.0 Å². The molecule has 2 aromatic heterocycles. The van der Waals surface area contributed by atoms with E-state index in [4.69, 9.17) is 11.6 Å². The van der Waals surface area contributed by atoms with E-state index in [1.54, 1.807) is 24.5 Å². The van der Waals surface area contributed by atoms with Gasteiger partial charge in [-0.05, 0) is 24.3 Å². The van der Waals surface area contributed by atoms with Crippen molar-refractivity contribution in [3.8, 4) is 0 Å². The molecule has 0 radical (unpaired) electrons. The molecule has 0 saturated heterocycles. The van der Waals surface area contributed by atoms with Crippen LogP contribution in [0.15, 0.2) is 41.6 Å². The first-order valence-electron chi connectivity index (χ1n) is 4.57. The van der Waals surface area contributed by atoms with Gasteiger partial charge < -0.3 is 0 Å². The van der Waals surface area contributed by atoms with E-state index in [-0.39, 0.29) is 5.78 Å². The predicted octanol–water partition coefficient (Wildman–Crippen LogP) is 3.77. The van der Waals surface area contributed by atoms with Crippen LogP contribution < -0.4 is 0 Å². The molecule has 16 heavy (non-hydrogen) atoms. The monoisotopic (exact) mass is 269 g/mol. The summed E-state index contributed by atoms with van der Waals surface area (Å²) >= 11 is 8.60. The molecule has 0 atom stereocenters. The molecule has 0 aliphatic carbocycles. The average Bonchev–Trinajstić information content (AvgIpc) is 2.74. The Labute approximate surface area is 107 Å². The number of ketones is 1. The first-order chi connectivity index (χ1) is 7.75. The Bertz CT molecular complexity index is 484. The van der Waals surface area contributed by atoms with Crippen LogP contribution in [0.4, 0.5) is 0 Å². The van der Waals surface area contributed by atoms with Gasteiger partial charge in [-0.2, -0.15) is 0 Å². The number of rotatable bonds is 4. The van der Waals surface area contributed by atoms with Gasteiger partial charge in [-0.1, -0.05) is 11.6 Å². The van der Waals surface area contributed by atoms with Gasteiger partial charge in [0.1, 0.15) is 0 Å². The Morgan fingerprint density at radius 2 is 2.06 bits per heavy atom. The summed E-state index contributed by atoms with van der Waals surface area (Å²) < 4.78 is 0.650. The summed E-state index contributed by atoms with van der Waals surface area (Å²) in [5.41, 5.74) is 0. The zero-order valence-corrected chi connectivity index (χ0v) is 10.6. The number of thiophene rings is 1. The number of aromatic nitrogens is 1. The number of pyridine rings is 1. The second-order valence-corrected chi connectivity index (χ2v) is 5.76. The van der Waals surface area contributed by atoms with Gasteiger partial charge in [-0.15, -0.1) is 23.1 Å².